The summed E-state index contributed by atoms with van der Waals surface area (Å²) in [6, 6.07) is 0. The minimum atomic E-state index is -0.817. The summed E-state index contributed by atoms with van der Waals surface area (Å²) in [5.41, 5.74) is -0.452. The Hall–Kier alpha value is -0.610. The SMILES string of the molecule is CC(C)(CC(=O)O)C1OCCCO1. The summed E-state index contributed by atoms with van der Waals surface area (Å²) in [5, 5.41) is 8.67. The highest BCUT2D eigenvalue weighted by molar-refractivity contribution is 5.67. The lowest BCUT2D eigenvalue weighted by molar-refractivity contribution is -0.230. The lowest BCUT2D eigenvalue weighted by Gasteiger charge is -2.35. The zero-order valence-corrected chi connectivity index (χ0v) is 8.08. The van der Waals surface area contributed by atoms with Crippen LogP contribution >= 0.6 is 0 Å². The van der Waals surface area contributed by atoms with E-state index >= 15 is 0 Å². The lowest BCUT2D eigenvalue weighted by Crippen LogP contribution is -2.39. The molecule has 1 aliphatic rings. The second-order valence-corrected chi connectivity index (χ2v) is 3.99. The van der Waals surface area contributed by atoms with E-state index in [-0.39, 0.29) is 12.7 Å². The van der Waals surface area contributed by atoms with Gasteiger partial charge in [0.2, 0.25) is 0 Å². The molecule has 1 rings (SSSR count). The molecule has 0 spiro atoms. The fourth-order valence-electron chi connectivity index (χ4n) is 1.41. The van der Waals surface area contributed by atoms with Crippen molar-refractivity contribution in [2.75, 3.05) is 13.2 Å². The Morgan fingerprint density at radius 2 is 2.00 bits per heavy atom. The van der Waals surface area contributed by atoms with Gasteiger partial charge in [0, 0.05) is 5.41 Å². The normalized spacial score (nSPS) is 20.2. The molecule has 0 aromatic carbocycles. The zero-order chi connectivity index (χ0) is 9.90. The molecule has 1 heterocycles. The van der Waals surface area contributed by atoms with Gasteiger partial charge in [-0.15, -0.1) is 0 Å². The number of carboxylic acids is 1. The zero-order valence-electron chi connectivity index (χ0n) is 8.08. The van der Waals surface area contributed by atoms with E-state index < -0.39 is 11.4 Å². The van der Waals surface area contributed by atoms with E-state index in [4.69, 9.17) is 14.6 Å². The Kier molecular flexibility index (Phi) is 3.27. The summed E-state index contributed by atoms with van der Waals surface area (Å²) in [4.78, 5) is 10.5. The molecule has 0 atom stereocenters. The minimum absolute atomic E-state index is 0.0671. The highest BCUT2D eigenvalue weighted by Crippen LogP contribution is 2.30. The standard InChI is InChI=1S/C9H16O4/c1-9(2,6-7(10)11)8-12-4-3-5-13-8/h8H,3-6H2,1-2H3,(H,10,11). The van der Waals surface area contributed by atoms with Crippen LogP contribution in [0.4, 0.5) is 0 Å². The van der Waals surface area contributed by atoms with Crippen molar-refractivity contribution in [3.05, 3.63) is 0 Å². The second kappa shape index (κ2) is 4.07. The van der Waals surface area contributed by atoms with Crippen LogP contribution in [0.25, 0.3) is 0 Å². The maximum Gasteiger partial charge on any atom is 0.304 e. The molecule has 0 aromatic rings. The Morgan fingerprint density at radius 1 is 1.46 bits per heavy atom. The molecule has 76 valence electrons. The summed E-state index contributed by atoms with van der Waals surface area (Å²) in [5.74, 6) is -0.817. The first kappa shape index (κ1) is 10.5. The Labute approximate surface area is 77.8 Å². The van der Waals surface area contributed by atoms with Gasteiger partial charge in [0.25, 0.3) is 0 Å². The fourth-order valence-corrected chi connectivity index (χ4v) is 1.41. The second-order valence-electron chi connectivity index (χ2n) is 3.99. The molecule has 0 amide bonds. The van der Waals surface area contributed by atoms with Gasteiger partial charge < -0.3 is 14.6 Å². The van der Waals surface area contributed by atoms with Gasteiger partial charge in [-0.25, -0.2) is 0 Å². The Morgan fingerprint density at radius 3 is 2.46 bits per heavy atom. The molecular weight excluding hydrogens is 172 g/mol. The number of hydrogen-bond donors (Lipinski definition) is 1. The predicted molar refractivity (Wildman–Crippen MR) is 46.3 cm³/mol. The third kappa shape index (κ3) is 2.97. The topological polar surface area (TPSA) is 55.8 Å². The van der Waals surface area contributed by atoms with Crippen molar-refractivity contribution >= 4 is 5.97 Å². The predicted octanol–water partition coefficient (Wildman–Crippen LogP) is 1.25. The van der Waals surface area contributed by atoms with Crippen LogP contribution in [0.3, 0.4) is 0 Å². The van der Waals surface area contributed by atoms with Crippen molar-refractivity contribution in [1.29, 1.82) is 0 Å². The van der Waals surface area contributed by atoms with Gasteiger partial charge in [-0.2, -0.15) is 0 Å². The Balaban J connectivity index is 2.50. The quantitative estimate of drug-likeness (QED) is 0.724. The molecule has 0 saturated carbocycles. The summed E-state index contributed by atoms with van der Waals surface area (Å²) >= 11 is 0. The highest BCUT2D eigenvalue weighted by Gasteiger charge is 2.34. The molecule has 1 N–H and O–H groups in total. The average molecular weight is 188 g/mol. The lowest BCUT2D eigenvalue weighted by atomic mass is 9.88. The van der Waals surface area contributed by atoms with E-state index in [0.29, 0.717) is 13.2 Å². The first-order valence-corrected chi connectivity index (χ1v) is 4.47. The van der Waals surface area contributed by atoms with Crippen LogP contribution in [0.5, 0.6) is 0 Å². The summed E-state index contributed by atoms with van der Waals surface area (Å²) in [6.07, 6.45) is 0.578. The first-order valence-electron chi connectivity index (χ1n) is 4.47. The van der Waals surface area contributed by atoms with Crippen LogP contribution in [0.15, 0.2) is 0 Å². The number of ether oxygens (including phenoxy) is 2. The van der Waals surface area contributed by atoms with Gasteiger partial charge in [0.1, 0.15) is 0 Å². The molecule has 1 fully saturated rings. The van der Waals surface area contributed by atoms with Crippen molar-refractivity contribution in [2.24, 2.45) is 5.41 Å². The van der Waals surface area contributed by atoms with Crippen LogP contribution in [-0.4, -0.2) is 30.6 Å². The van der Waals surface area contributed by atoms with Crippen molar-refractivity contribution in [3.8, 4) is 0 Å². The number of rotatable bonds is 3. The number of carbonyl (C=O) groups is 1. The summed E-state index contributed by atoms with van der Waals surface area (Å²) in [7, 11) is 0. The van der Waals surface area contributed by atoms with Gasteiger partial charge in [-0.1, -0.05) is 13.8 Å². The molecule has 4 nitrogen and oxygen atoms in total. The van der Waals surface area contributed by atoms with Crippen LogP contribution in [0, 0.1) is 5.41 Å². The van der Waals surface area contributed by atoms with Crippen molar-refractivity contribution in [1.82, 2.24) is 0 Å². The molecule has 0 aliphatic carbocycles. The molecule has 1 saturated heterocycles. The Bertz CT molecular complexity index is 182. The molecule has 13 heavy (non-hydrogen) atoms. The van der Waals surface area contributed by atoms with Gasteiger partial charge in [0.15, 0.2) is 6.29 Å². The van der Waals surface area contributed by atoms with Gasteiger partial charge in [-0.3, -0.25) is 4.79 Å². The molecule has 0 bridgehead atoms. The molecule has 0 aromatic heterocycles. The van der Waals surface area contributed by atoms with Crippen molar-refractivity contribution in [2.45, 2.75) is 33.0 Å². The van der Waals surface area contributed by atoms with E-state index in [9.17, 15) is 4.79 Å². The van der Waals surface area contributed by atoms with E-state index in [0.717, 1.165) is 6.42 Å². The number of carboxylic acid groups (broad SMARTS) is 1. The maximum atomic E-state index is 10.5. The van der Waals surface area contributed by atoms with Crippen LogP contribution in [0.1, 0.15) is 26.7 Å². The van der Waals surface area contributed by atoms with Crippen LogP contribution in [0.2, 0.25) is 0 Å². The molecular formula is C9H16O4. The van der Waals surface area contributed by atoms with Gasteiger partial charge in [-0.05, 0) is 6.42 Å². The molecule has 4 heteroatoms. The largest absolute Gasteiger partial charge is 0.481 e. The molecule has 0 radical (unpaired) electrons. The monoisotopic (exact) mass is 188 g/mol. The van der Waals surface area contributed by atoms with Crippen molar-refractivity contribution in [3.63, 3.8) is 0 Å². The van der Waals surface area contributed by atoms with Gasteiger partial charge in [0.05, 0.1) is 19.6 Å². The third-order valence-corrected chi connectivity index (χ3v) is 2.07. The third-order valence-electron chi connectivity index (χ3n) is 2.07. The molecule has 0 unspecified atom stereocenters. The van der Waals surface area contributed by atoms with Gasteiger partial charge >= 0.3 is 5.97 Å². The summed E-state index contributed by atoms with van der Waals surface area (Å²) < 4.78 is 10.7. The minimum Gasteiger partial charge on any atom is -0.481 e. The molecule has 1 aliphatic heterocycles. The van der Waals surface area contributed by atoms with E-state index in [2.05, 4.69) is 0 Å². The van der Waals surface area contributed by atoms with E-state index in [1.807, 2.05) is 13.8 Å². The summed E-state index contributed by atoms with van der Waals surface area (Å²) in [6.45, 7) is 5.01. The first-order chi connectivity index (χ1) is 6.02. The van der Waals surface area contributed by atoms with Crippen LogP contribution < -0.4 is 0 Å². The van der Waals surface area contributed by atoms with Crippen molar-refractivity contribution < 1.29 is 19.4 Å². The number of hydrogen-bond acceptors (Lipinski definition) is 3. The fraction of sp³-hybridized carbons (Fsp3) is 0.889. The van der Waals surface area contributed by atoms with E-state index in [1.54, 1.807) is 0 Å². The van der Waals surface area contributed by atoms with E-state index in [1.165, 1.54) is 0 Å². The highest BCUT2D eigenvalue weighted by atomic mass is 16.7. The smallest absolute Gasteiger partial charge is 0.304 e. The average Bonchev–Trinajstić information content (AvgIpc) is 2.04. The number of aliphatic carboxylic acids is 1. The maximum absolute atomic E-state index is 10.5. The van der Waals surface area contributed by atoms with Crippen LogP contribution in [-0.2, 0) is 14.3 Å².